The first-order valence-corrected chi connectivity index (χ1v) is 4.09. The Morgan fingerprint density at radius 3 is 2.58 bits per heavy atom. The van der Waals surface area contributed by atoms with Gasteiger partial charge in [0.15, 0.2) is 0 Å². The van der Waals surface area contributed by atoms with Gasteiger partial charge in [-0.3, -0.25) is 0 Å². The highest BCUT2D eigenvalue weighted by atomic mass is 14.3. The lowest BCUT2D eigenvalue weighted by Gasteiger charge is -2.01. The molecule has 0 saturated carbocycles. The smallest absolute Gasteiger partial charge is 0.0655 e. The van der Waals surface area contributed by atoms with Crippen LogP contribution < -0.4 is 0 Å². The molecule has 1 rings (SSSR count). The van der Waals surface area contributed by atoms with E-state index < -0.39 is 0 Å². The van der Waals surface area contributed by atoms with Gasteiger partial charge in [0.2, 0.25) is 0 Å². The largest absolute Gasteiger partial charge is 0.198 e. The van der Waals surface area contributed by atoms with Gasteiger partial charge in [-0.2, -0.15) is 5.26 Å². The van der Waals surface area contributed by atoms with Gasteiger partial charge in [-0.1, -0.05) is 30.3 Å². The molecule has 1 atom stereocenters. The van der Waals surface area contributed by atoms with Crippen molar-refractivity contribution in [2.45, 2.75) is 12.8 Å². The molecule has 1 nitrogen and oxygen atoms in total. The average molecular weight is 158 g/mol. The minimum Gasteiger partial charge on any atom is -0.198 e. The molecule has 12 heavy (non-hydrogen) atoms. The molecule has 0 aliphatic carbocycles. The maximum atomic E-state index is 8.50. The summed E-state index contributed by atoms with van der Waals surface area (Å²) in [4.78, 5) is 0. The summed E-state index contributed by atoms with van der Waals surface area (Å²) < 4.78 is 0. The summed E-state index contributed by atoms with van der Waals surface area (Å²) in [7, 11) is 0. The molecule has 1 aromatic carbocycles. The van der Waals surface area contributed by atoms with Gasteiger partial charge in [-0.15, -0.1) is 0 Å². The van der Waals surface area contributed by atoms with Crippen molar-refractivity contribution in [1.82, 2.24) is 0 Å². The van der Waals surface area contributed by atoms with Crippen LogP contribution >= 0.6 is 0 Å². The van der Waals surface area contributed by atoms with E-state index in [0.717, 1.165) is 12.8 Å². The van der Waals surface area contributed by atoms with Crippen molar-refractivity contribution in [2.24, 2.45) is 5.92 Å². The highest BCUT2D eigenvalue weighted by molar-refractivity contribution is 5.14. The van der Waals surface area contributed by atoms with E-state index in [1.807, 2.05) is 18.2 Å². The van der Waals surface area contributed by atoms with Gasteiger partial charge in [0.05, 0.1) is 6.07 Å². The van der Waals surface area contributed by atoms with Crippen LogP contribution in [-0.4, -0.2) is 0 Å². The number of hydrogen-bond acceptors (Lipinski definition) is 1. The number of aryl methyl sites for hydroxylation is 1. The minimum absolute atomic E-state index is 0.0785. The van der Waals surface area contributed by atoms with Crippen molar-refractivity contribution in [3.8, 4) is 6.07 Å². The minimum atomic E-state index is -0.0785. The third-order valence-electron chi connectivity index (χ3n) is 1.81. The second kappa shape index (κ2) is 4.56. The van der Waals surface area contributed by atoms with E-state index in [1.165, 1.54) is 5.56 Å². The van der Waals surface area contributed by atoms with E-state index in [4.69, 9.17) is 5.26 Å². The Kier molecular flexibility index (Phi) is 3.35. The topological polar surface area (TPSA) is 23.8 Å². The van der Waals surface area contributed by atoms with Crippen molar-refractivity contribution in [3.63, 3.8) is 0 Å². The number of rotatable bonds is 3. The van der Waals surface area contributed by atoms with E-state index in [9.17, 15) is 0 Å². The zero-order chi connectivity index (χ0) is 8.81. The lowest BCUT2D eigenvalue weighted by molar-refractivity contribution is 0.716. The third-order valence-corrected chi connectivity index (χ3v) is 1.81. The molecule has 0 aliphatic heterocycles. The van der Waals surface area contributed by atoms with Gasteiger partial charge in [0.1, 0.15) is 0 Å². The van der Waals surface area contributed by atoms with Crippen LogP contribution in [-0.2, 0) is 6.42 Å². The predicted octanol–water partition coefficient (Wildman–Crippen LogP) is 2.59. The van der Waals surface area contributed by atoms with Gasteiger partial charge >= 0.3 is 0 Å². The summed E-state index contributed by atoms with van der Waals surface area (Å²) >= 11 is 0. The van der Waals surface area contributed by atoms with Gasteiger partial charge in [-0.25, -0.2) is 0 Å². The lowest BCUT2D eigenvalue weighted by atomic mass is 10.0. The number of benzene rings is 1. The zero-order valence-corrected chi connectivity index (χ0v) is 7.03. The van der Waals surface area contributed by atoms with Crippen LogP contribution in [0.25, 0.3) is 0 Å². The molecule has 1 heteroatoms. The van der Waals surface area contributed by atoms with Crippen LogP contribution in [0.4, 0.5) is 0 Å². The fourth-order valence-corrected chi connectivity index (χ4v) is 1.05. The molecule has 1 aromatic rings. The summed E-state index contributed by atoms with van der Waals surface area (Å²) in [6.07, 6.45) is 1.79. The fraction of sp³-hybridized carbons (Fsp3) is 0.273. The summed E-state index contributed by atoms with van der Waals surface area (Å²) in [5, 5.41) is 8.50. The average Bonchev–Trinajstić information content (AvgIpc) is 2.16. The predicted molar refractivity (Wildman–Crippen MR) is 49.2 cm³/mol. The Morgan fingerprint density at radius 2 is 2.00 bits per heavy atom. The first-order chi connectivity index (χ1) is 5.83. The molecule has 0 fully saturated rings. The Balaban J connectivity index is 2.40. The fourth-order valence-electron chi connectivity index (χ4n) is 1.05. The standard InChI is InChI=1S/C11H12N/c1-10(9-12)7-8-11-5-3-2-4-6-11/h2-6,10H,1,7-8H2. The maximum absolute atomic E-state index is 8.50. The van der Waals surface area contributed by atoms with Gasteiger partial charge in [0.25, 0.3) is 0 Å². The van der Waals surface area contributed by atoms with E-state index in [2.05, 4.69) is 25.1 Å². The Morgan fingerprint density at radius 1 is 1.33 bits per heavy atom. The van der Waals surface area contributed by atoms with E-state index in [0.29, 0.717) is 0 Å². The van der Waals surface area contributed by atoms with Crippen LogP contribution in [0.15, 0.2) is 30.3 Å². The molecule has 61 valence electrons. The van der Waals surface area contributed by atoms with E-state index in [1.54, 1.807) is 0 Å². The van der Waals surface area contributed by atoms with Crippen LogP contribution in [0.1, 0.15) is 12.0 Å². The third kappa shape index (κ3) is 2.75. The normalized spacial score (nSPS) is 12.0. The van der Waals surface area contributed by atoms with Crippen molar-refractivity contribution < 1.29 is 0 Å². The first-order valence-electron chi connectivity index (χ1n) is 4.09. The quantitative estimate of drug-likeness (QED) is 0.663. The Bertz CT molecular complexity index is 258. The molecule has 0 aliphatic rings. The summed E-state index contributed by atoms with van der Waals surface area (Å²) in [5.74, 6) is -0.0785. The number of hydrogen-bond donors (Lipinski definition) is 0. The highest BCUT2D eigenvalue weighted by Gasteiger charge is 1.99. The van der Waals surface area contributed by atoms with Gasteiger partial charge < -0.3 is 0 Å². The molecule has 0 N–H and O–H groups in total. The van der Waals surface area contributed by atoms with Gasteiger partial charge in [-0.05, 0) is 25.3 Å². The van der Waals surface area contributed by atoms with E-state index in [-0.39, 0.29) is 5.92 Å². The van der Waals surface area contributed by atoms with Crippen LogP contribution in [0.5, 0.6) is 0 Å². The van der Waals surface area contributed by atoms with Crippen molar-refractivity contribution in [2.75, 3.05) is 0 Å². The molecular weight excluding hydrogens is 146 g/mol. The molecule has 0 saturated heterocycles. The second-order valence-electron chi connectivity index (χ2n) is 2.85. The monoisotopic (exact) mass is 158 g/mol. The number of nitriles is 1. The lowest BCUT2D eigenvalue weighted by Crippen LogP contribution is -1.93. The van der Waals surface area contributed by atoms with E-state index >= 15 is 0 Å². The Hall–Kier alpha value is -1.29. The molecule has 0 aromatic heterocycles. The van der Waals surface area contributed by atoms with Crippen molar-refractivity contribution in [3.05, 3.63) is 42.8 Å². The molecule has 0 heterocycles. The van der Waals surface area contributed by atoms with Crippen molar-refractivity contribution >= 4 is 0 Å². The van der Waals surface area contributed by atoms with Crippen LogP contribution in [0, 0.1) is 24.2 Å². The van der Waals surface area contributed by atoms with Gasteiger partial charge in [0, 0.05) is 5.92 Å². The molecule has 0 spiro atoms. The SMILES string of the molecule is [CH2]C(C#N)CCc1ccccc1. The van der Waals surface area contributed by atoms with Crippen LogP contribution in [0.2, 0.25) is 0 Å². The van der Waals surface area contributed by atoms with Crippen molar-refractivity contribution in [1.29, 1.82) is 5.26 Å². The number of nitrogens with zero attached hydrogens (tertiary/aromatic N) is 1. The molecule has 0 amide bonds. The summed E-state index contributed by atoms with van der Waals surface area (Å²) in [5.41, 5.74) is 1.28. The second-order valence-corrected chi connectivity index (χ2v) is 2.85. The molecule has 1 radical (unpaired) electrons. The summed E-state index contributed by atoms with van der Waals surface area (Å²) in [6.45, 7) is 3.71. The molecule has 1 unspecified atom stereocenters. The van der Waals surface area contributed by atoms with Crippen LogP contribution in [0.3, 0.4) is 0 Å². The summed E-state index contributed by atoms with van der Waals surface area (Å²) in [6, 6.07) is 12.3. The molecule has 0 bridgehead atoms. The Labute approximate surface area is 73.6 Å². The maximum Gasteiger partial charge on any atom is 0.0655 e. The first kappa shape index (κ1) is 8.80. The molecular formula is C11H12N. The zero-order valence-electron chi connectivity index (χ0n) is 7.03. The highest BCUT2D eigenvalue weighted by Crippen LogP contribution is 2.07.